The number of anilines is 1. The summed E-state index contributed by atoms with van der Waals surface area (Å²) in [6.07, 6.45) is 11.4. The van der Waals surface area contributed by atoms with E-state index < -0.39 is 0 Å². The highest BCUT2D eigenvalue weighted by Crippen LogP contribution is 2.57. The Bertz CT molecular complexity index is 793. The molecule has 2 aliphatic heterocycles. The molecular weight excluding hydrogens is 352 g/mol. The molecule has 1 aromatic carbocycles. The molecule has 1 unspecified atom stereocenters. The first kappa shape index (κ1) is 18.7. The first-order valence-corrected chi connectivity index (χ1v) is 10.6. The number of allylic oxidation sites excluding steroid dienone is 3. The molecule has 0 bridgehead atoms. The maximum Gasteiger partial charge on any atom is 0.169 e. The van der Waals surface area contributed by atoms with E-state index in [0.717, 1.165) is 38.3 Å². The topological polar surface area (TPSA) is 15.7 Å². The van der Waals surface area contributed by atoms with Gasteiger partial charge in [-0.15, -0.1) is 0 Å². The van der Waals surface area contributed by atoms with Crippen molar-refractivity contribution in [1.82, 2.24) is 4.90 Å². The zero-order chi connectivity index (χ0) is 19.1. The second-order valence-corrected chi connectivity index (χ2v) is 8.64. The molecule has 4 heteroatoms. The normalized spacial score (nSPS) is 26.0. The number of ether oxygens (including phenoxy) is 1. The van der Waals surface area contributed by atoms with Crippen molar-refractivity contribution >= 4 is 24.4 Å². The van der Waals surface area contributed by atoms with Gasteiger partial charge < -0.3 is 14.5 Å². The minimum atomic E-state index is -0.367. The molecule has 1 atom stereocenters. The molecule has 4 rings (SSSR count). The molecule has 1 aliphatic carbocycles. The van der Waals surface area contributed by atoms with E-state index in [4.69, 9.17) is 4.74 Å². The summed E-state index contributed by atoms with van der Waals surface area (Å²) in [5.41, 5.74) is 4.93. The Hall–Kier alpha value is -1.65. The van der Waals surface area contributed by atoms with Crippen LogP contribution < -0.4 is 4.90 Å². The molecule has 0 aromatic heterocycles. The van der Waals surface area contributed by atoms with Crippen molar-refractivity contribution < 1.29 is 4.74 Å². The van der Waals surface area contributed by atoms with Crippen molar-refractivity contribution in [3.05, 3.63) is 59.3 Å². The van der Waals surface area contributed by atoms with E-state index in [1.807, 2.05) is 0 Å². The van der Waals surface area contributed by atoms with Gasteiger partial charge in [0.1, 0.15) is 0 Å². The second kappa shape index (κ2) is 7.06. The summed E-state index contributed by atoms with van der Waals surface area (Å²) in [6, 6.07) is 8.73. The minimum absolute atomic E-state index is 0.0566. The molecule has 0 amide bonds. The van der Waals surface area contributed by atoms with Gasteiger partial charge in [0, 0.05) is 42.7 Å². The van der Waals surface area contributed by atoms with Crippen molar-refractivity contribution in [2.24, 2.45) is 5.41 Å². The fourth-order valence-corrected chi connectivity index (χ4v) is 5.06. The van der Waals surface area contributed by atoms with Gasteiger partial charge in [-0.3, -0.25) is 0 Å². The molecule has 1 saturated heterocycles. The molecule has 0 spiro atoms. The Kier molecular flexibility index (Phi) is 4.89. The molecule has 27 heavy (non-hydrogen) atoms. The van der Waals surface area contributed by atoms with Gasteiger partial charge in [-0.2, -0.15) is 12.6 Å². The van der Waals surface area contributed by atoms with E-state index in [0.29, 0.717) is 0 Å². The minimum Gasteiger partial charge on any atom is -0.374 e. The van der Waals surface area contributed by atoms with Crippen LogP contribution in [0.15, 0.2) is 53.8 Å². The van der Waals surface area contributed by atoms with Crippen molar-refractivity contribution in [1.29, 1.82) is 0 Å². The fraction of sp³-hybridized carbons (Fsp3) is 0.478. The average Bonchev–Trinajstić information content (AvgIpc) is 3.19. The standard InChI is InChI=1S/C23H30N2OS/c1-22(2)20-6-4-5-7-21(20)25-14-16-26-23(22,25)13-12-18-8-10-19(11-9-18)24(3)15-17-27/h4,6,8-13,27H,5,7,14-17H2,1-3H3/b13-12+. The van der Waals surface area contributed by atoms with Gasteiger partial charge in [-0.25, -0.2) is 0 Å². The SMILES string of the molecule is CN(CCS)c1ccc(/C=C/C23OCCN2C2=C(C=CCC2)C3(C)C)cc1. The third-order valence-corrected chi connectivity index (χ3v) is 6.55. The summed E-state index contributed by atoms with van der Waals surface area (Å²) in [7, 11) is 2.11. The van der Waals surface area contributed by atoms with Crippen LogP contribution in [0.3, 0.4) is 0 Å². The predicted octanol–water partition coefficient (Wildman–Crippen LogP) is 4.74. The van der Waals surface area contributed by atoms with Crippen LogP contribution in [0.4, 0.5) is 5.69 Å². The first-order valence-electron chi connectivity index (χ1n) is 9.93. The molecule has 3 nitrogen and oxygen atoms in total. The van der Waals surface area contributed by atoms with Crippen LogP contribution in [-0.4, -0.2) is 43.1 Å². The Labute approximate surface area is 168 Å². The fourth-order valence-electron chi connectivity index (χ4n) is 4.76. The summed E-state index contributed by atoms with van der Waals surface area (Å²) < 4.78 is 6.43. The van der Waals surface area contributed by atoms with Crippen LogP contribution >= 0.6 is 12.6 Å². The Balaban J connectivity index is 1.61. The van der Waals surface area contributed by atoms with E-state index in [2.05, 4.69) is 91.9 Å². The highest BCUT2D eigenvalue weighted by Gasteiger charge is 2.59. The monoisotopic (exact) mass is 382 g/mol. The van der Waals surface area contributed by atoms with Crippen molar-refractivity contribution in [3.63, 3.8) is 0 Å². The molecule has 2 heterocycles. The predicted molar refractivity (Wildman–Crippen MR) is 117 cm³/mol. The van der Waals surface area contributed by atoms with Gasteiger partial charge in [0.25, 0.3) is 0 Å². The van der Waals surface area contributed by atoms with Crippen LogP contribution in [0, 0.1) is 5.41 Å². The van der Waals surface area contributed by atoms with Gasteiger partial charge in [0.05, 0.1) is 6.61 Å². The number of fused-ring (bicyclic) bond motifs is 2. The highest BCUT2D eigenvalue weighted by molar-refractivity contribution is 7.80. The van der Waals surface area contributed by atoms with Crippen molar-refractivity contribution in [2.75, 3.05) is 37.4 Å². The first-order chi connectivity index (χ1) is 13.0. The smallest absolute Gasteiger partial charge is 0.169 e. The molecule has 0 N–H and O–H groups in total. The van der Waals surface area contributed by atoms with E-state index in [1.165, 1.54) is 22.5 Å². The number of thiol groups is 1. The number of rotatable bonds is 5. The van der Waals surface area contributed by atoms with E-state index in [-0.39, 0.29) is 11.1 Å². The highest BCUT2D eigenvalue weighted by atomic mass is 32.1. The third-order valence-electron chi connectivity index (χ3n) is 6.35. The van der Waals surface area contributed by atoms with E-state index >= 15 is 0 Å². The third kappa shape index (κ3) is 2.94. The molecular formula is C23H30N2OS. The summed E-state index contributed by atoms with van der Waals surface area (Å²) in [5, 5.41) is 0. The summed E-state index contributed by atoms with van der Waals surface area (Å²) in [4.78, 5) is 4.74. The lowest BCUT2D eigenvalue weighted by molar-refractivity contribution is -0.0786. The van der Waals surface area contributed by atoms with Gasteiger partial charge in [-0.1, -0.05) is 44.2 Å². The maximum atomic E-state index is 6.43. The zero-order valence-corrected chi connectivity index (χ0v) is 17.5. The molecule has 1 aromatic rings. The number of benzene rings is 1. The second-order valence-electron chi connectivity index (χ2n) is 8.19. The van der Waals surface area contributed by atoms with Crippen LogP contribution in [0.1, 0.15) is 32.3 Å². The molecule has 3 aliphatic rings. The molecule has 144 valence electrons. The van der Waals surface area contributed by atoms with Gasteiger partial charge in [-0.05, 0) is 42.2 Å². The van der Waals surface area contributed by atoms with Crippen molar-refractivity contribution in [2.45, 2.75) is 32.4 Å². The molecule has 0 saturated carbocycles. The Morgan fingerprint density at radius 1 is 1.26 bits per heavy atom. The quantitative estimate of drug-likeness (QED) is 0.741. The van der Waals surface area contributed by atoms with Gasteiger partial charge in [0.2, 0.25) is 0 Å². The lowest BCUT2D eigenvalue weighted by atomic mass is 9.75. The molecule has 0 radical (unpaired) electrons. The Morgan fingerprint density at radius 2 is 2.04 bits per heavy atom. The van der Waals surface area contributed by atoms with E-state index in [9.17, 15) is 0 Å². The number of hydrogen-bond donors (Lipinski definition) is 1. The van der Waals surface area contributed by atoms with Crippen molar-refractivity contribution in [3.8, 4) is 0 Å². The maximum absolute atomic E-state index is 6.43. The summed E-state index contributed by atoms with van der Waals surface area (Å²) in [5.74, 6) is 0.856. The average molecular weight is 383 g/mol. The van der Waals surface area contributed by atoms with E-state index in [1.54, 1.807) is 0 Å². The largest absolute Gasteiger partial charge is 0.374 e. The molecule has 1 fully saturated rings. The summed E-state index contributed by atoms with van der Waals surface area (Å²) in [6.45, 7) is 7.37. The van der Waals surface area contributed by atoms with Crippen LogP contribution in [0.5, 0.6) is 0 Å². The van der Waals surface area contributed by atoms with Crippen LogP contribution in [-0.2, 0) is 4.74 Å². The lowest BCUT2D eigenvalue weighted by Crippen LogP contribution is -2.48. The van der Waals surface area contributed by atoms with Crippen LogP contribution in [0.2, 0.25) is 0 Å². The zero-order valence-electron chi connectivity index (χ0n) is 16.6. The van der Waals surface area contributed by atoms with Gasteiger partial charge in [0.15, 0.2) is 5.72 Å². The number of hydrogen-bond acceptors (Lipinski definition) is 4. The van der Waals surface area contributed by atoms with Gasteiger partial charge >= 0.3 is 0 Å². The number of nitrogens with zero attached hydrogens (tertiary/aromatic N) is 2. The Morgan fingerprint density at radius 3 is 2.78 bits per heavy atom. The van der Waals surface area contributed by atoms with Crippen LogP contribution in [0.25, 0.3) is 6.08 Å². The summed E-state index contributed by atoms with van der Waals surface area (Å²) >= 11 is 4.32. The lowest BCUT2D eigenvalue weighted by Gasteiger charge is -2.41.